The summed E-state index contributed by atoms with van der Waals surface area (Å²) in [5.74, 6) is 2.24. The summed E-state index contributed by atoms with van der Waals surface area (Å²) >= 11 is 3.70. The molecule has 0 N–H and O–H groups in total. The third kappa shape index (κ3) is 4.03. The smallest absolute Gasteiger partial charge is 0.337 e. The lowest BCUT2D eigenvalue weighted by Gasteiger charge is -2.24. The van der Waals surface area contributed by atoms with Gasteiger partial charge in [-0.05, 0) is 67.9 Å². The van der Waals surface area contributed by atoms with Crippen molar-refractivity contribution in [3.05, 3.63) is 75.3 Å². The van der Waals surface area contributed by atoms with E-state index in [0.717, 1.165) is 32.3 Å². The van der Waals surface area contributed by atoms with Gasteiger partial charge in [-0.15, -0.1) is 6.42 Å². The quantitative estimate of drug-likeness (QED) is 0.500. The van der Waals surface area contributed by atoms with Crippen LogP contribution < -0.4 is 0 Å². The number of carbonyl (C=O) groups is 1. The Hall–Kier alpha value is -2.31. The summed E-state index contributed by atoms with van der Waals surface area (Å²) in [5, 5.41) is 0. The van der Waals surface area contributed by atoms with E-state index in [2.05, 4.69) is 49.2 Å². The first-order chi connectivity index (χ1) is 11.7. The first-order valence-electron chi connectivity index (χ1n) is 7.87. The second-order valence-electron chi connectivity index (χ2n) is 6.83. The number of hydrogen-bond donors (Lipinski definition) is 0. The zero-order chi connectivity index (χ0) is 18.8. The molecule has 0 amide bonds. The van der Waals surface area contributed by atoms with Crippen molar-refractivity contribution in [2.45, 2.75) is 26.2 Å². The highest BCUT2D eigenvalue weighted by molar-refractivity contribution is 9.10. The molecular weight excluding hydrogens is 376 g/mol. The van der Waals surface area contributed by atoms with E-state index in [9.17, 15) is 4.79 Å². The Balaban J connectivity index is 2.64. The van der Waals surface area contributed by atoms with Crippen LogP contribution in [0.2, 0.25) is 0 Å². The van der Waals surface area contributed by atoms with E-state index in [1.807, 2.05) is 36.4 Å². The second kappa shape index (κ2) is 7.29. The van der Waals surface area contributed by atoms with Crippen LogP contribution in [-0.2, 0) is 10.2 Å². The van der Waals surface area contributed by atoms with E-state index in [-0.39, 0.29) is 11.4 Å². The van der Waals surface area contributed by atoms with Gasteiger partial charge in [-0.3, -0.25) is 0 Å². The highest BCUT2D eigenvalue weighted by Gasteiger charge is 2.23. The molecule has 0 heterocycles. The van der Waals surface area contributed by atoms with E-state index in [0.29, 0.717) is 5.56 Å². The van der Waals surface area contributed by atoms with Crippen molar-refractivity contribution in [1.29, 1.82) is 0 Å². The normalized spacial score (nSPS) is 10.9. The first-order valence-corrected chi connectivity index (χ1v) is 8.67. The van der Waals surface area contributed by atoms with Gasteiger partial charge in [-0.1, -0.05) is 45.4 Å². The molecule has 2 aromatic carbocycles. The standard InChI is InChI=1S/C22H21BrO2/c1-7-15-8-10-16(11-9-15)14(2)18-12-17(21(24)25-6)13-19(20(18)23)22(3,4)5/h1,8-13H,2H2,3-6H3. The Morgan fingerprint density at radius 1 is 1.16 bits per heavy atom. The zero-order valence-electron chi connectivity index (χ0n) is 14.9. The molecule has 0 aliphatic rings. The van der Waals surface area contributed by atoms with E-state index in [1.165, 1.54) is 7.11 Å². The van der Waals surface area contributed by atoms with Crippen LogP contribution in [-0.4, -0.2) is 13.1 Å². The molecule has 3 heteroatoms. The van der Waals surface area contributed by atoms with E-state index in [4.69, 9.17) is 11.2 Å². The maximum Gasteiger partial charge on any atom is 0.337 e. The van der Waals surface area contributed by atoms with Gasteiger partial charge in [-0.25, -0.2) is 4.79 Å². The summed E-state index contributed by atoms with van der Waals surface area (Å²) in [6.07, 6.45) is 5.42. The minimum Gasteiger partial charge on any atom is -0.465 e. The average molecular weight is 397 g/mol. The number of ether oxygens (including phenoxy) is 1. The number of hydrogen-bond acceptors (Lipinski definition) is 2. The molecule has 2 nitrogen and oxygen atoms in total. The Morgan fingerprint density at radius 3 is 2.24 bits per heavy atom. The van der Waals surface area contributed by atoms with E-state index >= 15 is 0 Å². The van der Waals surface area contributed by atoms with Gasteiger partial charge in [0.1, 0.15) is 0 Å². The van der Waals surface area contributed by atoms with Crippen molar-refractivity contribution in [2.75, 3.05) is 7.11 Å². The minimum atomic E-state index is -0.366. The highest BCUT2D eigenvalue weighted by atomic mass is 79.9. The molecule has 0 bridgehead atoms. The van der Waals surface area contributed by atoms with Crippen LogP contribution in [0.1, 0.15) is 53.4 Å². The summed E-state index contributed by atoms with van der Waals surface area (Å²) in [4.78, 5) is 12.1. The summed E-state index contributed by atoms with van der Waals surface area (Å²) in [7, 11) is 1.38. The zero-order valence-corrected chi connectivity index (χ0v) is 16.5. The van der Waals surface area contributed by atoms with Gasteiger partial charge < -0.3 is 4.74 Å². The monoisotopic (exact) mass is 396 g/mol. The summed E-state index contributed by atoms with van der Waals surface area (Å²) < 4.78 is 5.84. The van der Waals surface area contributed by atoms with Crippen molar-refractivity contribution in [3.63, 3.8) is 0 Å². The lowest BCUT2D eigenvalue weighted by Crippen LogP contribution is -2.15. The number of terminal acetylenes is 1. The Morgan fingerprint density at radius 2 is 1.76 bits per heavy atom. The van der Waals surface area contributed by atoms with Crippen LogP contribution in [0.15, 0.2) is 47.4 Å². The van der Waals surface area contributed by atoms with Gasteiger partial charge in [0.15, 0.2) is 0 Å². The van der Waals surface area contributed by atoms with Crippen molar-refractivity contribution >= 4 is 27.5 Å². The molecule has 0 radical (unpaired) electrons. The summed E-state index contributed by atoms with van der Waals surface area (Å²) in [5.41, 5.74) is 4.81. The molecule has 0 aromatic heterocycles. The van der Waals surface area contributed by atoms with Crippen molar-refractivity contribution < 1.29 is 9.53 Å². The molecule has 2 aromatic rings. The number of benzene rings is 2. The molecule has 0 saturated heterocycles. The Labute approximate surface area is 158 Å². The van der Waals surface area contributed by atoms with Gasteiger partial charge in [0.25, 0.3) is 0 Å². The Kier molecular flexibility index (Phi) is 5.55. The molecule has 0 aliphatic heterocycles. The van der Waals surface area contributed by atoms with Gasteiger partial charge in [0, 0.05) is 10.0 Å². The van der Waals surface area contributed by atoms with Gasteiger partial charge in [0.05, 0.1) is 12.7 Å². The fourth-order valence-electron chi connectivity index (χ4n) is 2.55. The summed E-state index contributed by atoms with van der Waals surface area (Å²) in [6, 6.07) is 11.3. The van der Waals surface area contributed by atoms with E-state index in [1.54, 1.807) is 0 Å². The van der Waals surface area contributed by atoms with Gasteiger partial charge in [-0.2, -0.15) is 0 Å². The summed E-state index contributed by atoms with van der Waals surface area (Å²) in [6.45, 7) is 10.5. The molecule has 0 spiro atoms. The van der Waals surface area contributed by atoms with Gasteiger partial charge >= 0.3 is 5.97 Å². The van der Waals surface area contributed by atoms with Crippen molar-refractivity contribution in [1.82, 2.24) is 0 Å². The fraction of sp³-hybridized carbons (Fsp3) is 0.227. The fourth-order valence-corrected chi connectivity index (χ4v) is 3.61. The molecule has 128 valence electrons. The Bertz CT molecular complexity index is 863. The predicted molar refractivity (Wildman–Crippen MR) is 107 cm³/mol. The third-order valence-electron chi connectivity index (χ3n) is 4.03. The van der Waals surface area contributed by atoms with E-state index < -0.39 is 0 Å². The van der Waals surface area contributed by atoms with Crippen molar-refractivity contribution in [3.8, 4) is 12.3 Å². The first kappa shape index (κ1) is 19.0. The van der Waals surface area contributed by atoms with Crippen LogP contribution in [0.25, 0.3) is 5.57 Å². The third-order valence-corrected chi connectivity index (χ3v) is 4.88. The number of esters is 1. The molecule has 0 saturated carbocycles. The molecule has 0 unspecified atom stereocenters. The number of methoxy groups -OCH3 is 1. The highest BCUT2D eigenvalue weighted by Crippen LogP contribution is 2.38. The number of carbonyl (C=O) groups excluding carboxylic acids is 1. The molecule has 2 rings (SSSR count). The molecule has 0 aliphatic carbocycles. The maximum atomic E-state index is 12.1. The molecule has 0 fully saturated rings. The van der Waals surface area contributed by atoms with Gasteiger partial charge in [0.2, 0.25) is 0 Å². The van der Waals surface area contributed by atoms with Crippen LogP contribution in [0.5, 0.6) is 0 Å². The predicted octanol–water partition coefficient (Wildman–Crippen LogP) is 5.58. The maximum absolute atomic E-state index is 12.1. The molecule has 25 heavy (non-hydrogen) atoms. The molecular formula is C22H21BrO2. The minimum absolute atomic E-state index is 0.148. The van der Waals surface area contributed by atoms with Crippen molar-refractivity contribution in [2.24, 2.45) is 0 Å². The van der Waals surface area contributed by atoms with Crippen LogP contribution in [0, 0.1) is 12.3 Å². The lowest BCUT2D eigenvalue weighted by molar-refractivity contribution is 0.0600. The van der Waals surface area contributed by atoms with Crippen LogP contribution >= 0.6 is 15.9 Å². The topological polar surface area (TPSA) is 26.3 Å². The average Bonchev–Trinajstić information content (AvgIpc) is 2.59. The van der Waals surface area contributed by atoms with Crippen LogP contribution in [0.4, 0.5) is 0 Å². The molecule has 0 atom stereocenters. The van der Waals surface area contributed by atoms with Crippen LogP contribution in [0.3, 0.4) is 0 Å². The SMILES string of the molecule is C#Cc1ccc(C(=C)c2cc(C(=O)OC)cc(C(C)(C)C)c2Br)cc1. The lowest BCUT2D eigenvalue weighted by atomic mass is 9.83. The second-order valence-corrected chi connectivity index (χ2v) is 7.62. The number of rotatable bonds is 3. The number of halogens is 1. The largest absolute Gasteiger partial charge is 0.465 e.